The van der Waals surface area contributed by atoms with Crippen LogP contribution in [0, 0.1) is 5.82 Å². The minimum Gasteiger partial charge on any atom is -0.327 e. The predicted molar refractivity (Wildman–Crippen MR) is 108 cm³/mol. The standard InChI is InChI=1S/C22H26FN5/c23-20-10-5-4-7-17(20)15-18(24)12-14-27-13-6-11-21(27)22-25-16-28(26-22)19-8-2-1-3-9-19/h1-5,7-10,16,18,21H,6,11-15,24H2/t18-,21-/m0/s1. The average molecular weight is 379 g/mol. The van der Waals surface area contributed by atoms with E-state index in [-0.39, 0.29) is 17.9 Å². The first-order valence-corrected chi connectivity index (χ1v) is 9.91. The smallest absolute Gasteiger partial charge is 0.168 e. The molecular formula is C22H26FN5. The summed E-state index contributed by atoms with van der Waals surface area (Å²) < 4.78 is 15.7. The minimum atomic E-state index is -0.173. The number of para-hydroxylation sites is 1. The first-order chi connectivity index (χ1) is 13.7. The highest BCUT2D eigenvalue weighted by atomic mass is 19.1. The van der Waals surface area contributed by atoms with Crippen molar-refractivity contribution in [2.75, 3.05) is 13.1 Å². The van der Waals surface area contributed by atoms with Crippen molar-refractivity contribution < 1.29 is 4.39 Å². The summed E-state index contributed by atoms with van der Waals surface area (Å²) in [5.41, 5.74) is 7.99. The second-order valence-corrected chi connectivity index (χ2v) is 7.42. The van der Waals surface area contributed by atoms with Crippen molar-refractivity contribution in [1.82, 2.24) is 19.7 Å². The zero-order chi connectivity index (χ0) is 19.3. The number of benzene rings is 2. The third kappa shape index (κ3) is 4.29. The fraction of sp³-hybridized carbons (Fsp3) is 0.364. The highest BCUT2D eigenvalue weighted by Gasteiger charge is 2.29. The van der Waals surface area contributed by atoms with Gasteiger partial charge < -0.3 is 5.73 Å². The summed E-state index contributed by atoms with van der Waals surface area (Å²) in [5, 5.41) is 4.70. The Hall–Kier alpha value is -2.57. The third-order valence-electron chi connectivity index (χ3n) is 5.42. The van der Waals surface area contributed by atoms with Gasteiger partial charge in [0.25, 0.3) is 0 Å². The summed E-state index contributed by atoms with van der Waals surface area (Å²) in [6, 6.07) is 17.1. The fourth-order valence-electron chi connectivity index (χ4n) is 3.90. The molecule has 0 saturated carbocycles. The normalized spacial score (nSPS) is 18.4. The van der Waals surface area contributed by atoms with Crippen LogP contribution in [-0.4, -0.2) is 38.8 Å². The lowest BCUT2D eigenvalue weighted by atomic mass is 10.0. The molecule has 0 unspecified atom stereocenters. The van der Waals surface area contributed by atoms with Gasteiger partial charge >= 0.3 is 0 Å². The Labute approximate surface area is 165 Å². The molecule has 1 saturated heterocycles. The number of aromatic nitrogens is 3. The predicted octanol–water partition coefficient (Wildman–Crippen LogP) is 3.50. The van der Waals surface area contributed by atoms with Crippen molar-refractivity contribution in [2.24, 2.45) is 5.73 Å². The second kappa shape index (κ2) is 8.63. The SMILES string of the molecule is N[C@@H](CCN1CCC[C@H]1c1ncn(-c2ccccc2)n1)Cc1ccccc1F. The molecule has 0 bridgehead atoms. The Bertz CT molecular complexity index is 895. The molecule has 0 amide bonds. The number of likely N-dealkylation sites (tertiary alicyclic amines) is 1. The number of hydrogen-bond donors (Lipinski definition) is 1. The zero-order valence-corrected chi connectivity index (χ0v) is 15.9. The molecular weight excluding hydrogens is 353 g/mol. The van der Waals surface area contributed by atoms with E-state index >= 15 is 0 Å². The molecule has 1 aromatic heterocycles. The van der Waals surface area contributed by atoms with Crippen LogP contribution in [0.1, 0.15) is 36.7 Å². The number of halogens is 1. The lowest BCUT2D eigenvalue weighted by Gasteiger charge is -2.24. The van der Waals surface area contributed by atoms with E-state index in [4.69, 9.17) is 10.8 Å². The van der Waals surface area contributed by atoms with Crippen LogP contribution in [-0.2, 0) is 6.42 Å². The van der Waals surface area contributed by atoms with Crippen LogP contribution in [0.25, 0.3) is 5.69 Å². The lowest BCUT2D eigenvalue weighted by Crippen LogP contribution is -2.32. The van der Waals surface area contributed by atoms with E-state index < -0.39 is 0 Å². The Morgan fingerprint density at radius 1 is 1.11 bits per heavy atom. The van der Waals surface area contributed by atoms with Crippen molar-refractivity contribution in [1.29, 1.82) is 0 Å². The summed E-state index contributed by atoms with van der Waals surface area (Å²) in [7, 11) is 0. The molecule has 4 rings (SSSR count). The van der Waals surface area contributed by atoms with E-state index in [1.54, 1.807) is 12.4 Å². The zero-order valence-electron chi connectivity index (χ0n) is 15.9. The van der Waals surface area contributed by atoms with Gasteiger partial charge in [-0.05, 0) is 56.0 Å². The third-order valence-corrected chi connectivity index (χ3v) is 5.42. The Morgan fingerprint density at radius 3 is 2.71 bits per heavy atom. The molecule has 146 valence electrons. The van der Waals surface area contributed by atoms with Crippen LogP contribution in [0.2, 0.25) is 0 Å². The molecule has 6 heteroatoms. The first kappa shape index (κ1) is 18.8. The highest BCUT2D eigenvalue weighted by molar-refractivity contribution is 5.29. The van der Waals surface area contributed by atoms with Crippen molar-refractivity contribution in [3.05, 3.63) is 78.1 Å². The molecule has 2 aromatic carbocycles. The van der Waals surface area contributed by atoms with Crippen LogP contribution in [0.5, 0.6) is 0 Å². The molecule has 3 aromatic rings. The topological polar surface area (TPSA) is 60.0 Å². The molecule has 0 aliphatic carbocycles. The van der Waals surface area contributed by atoms with Gasteiger partial charge in [-0.3, -0.25) is 4.90 Å². The maximum Gasteiger partial charge on any atom is 0.168 e. The van der Waals surface area contributed by atoms with E-state index in [1.165, 1.54) is 6.07 Å². The summed E-state index contributed by atoms with van der Waals surface area (Å²) in [4.78, 5) is 6.97. The van der Waals surface area contributed by atoms with E-state index in [2.05, 4.69) is 9.88 Å². The lowest BCUT2D eigenvalue weighted by molar-refractivity contribution is 0.238. The highest BCUT2D eigenvalue weighted by Crippen LogP contribution is 2.30. The van der Waals surface area contributed by atoms with Gasteiger partial charge in [0, 0.05) is 12.6 Å². The molecule has 2 N–H and O–H groups in total. The maximum absolute atomic E-state index is 13.8. The van der Waals surface area contributed by atoms with Gasteiger partial charge in [-0.1, -0.05) is 36.4 Å². The molecule has 1 fully saturated rings. The van der Waals surface area contributed by atoms with Gasteiger partial charge in [0.2, 0.25) is 0 Å². The second-order valence-electron chi connectivity index (χ2n) is 7.42. The summed E-state index contributed by atoms with van der Waals surface area (Å²) >= 11 is 0. The summed E-state index contributed by atoms with van der Waals surface area (Å²) in [5.74, 6) is 0.691. The summed E-state index contributed by atoms with van der Waals surface area (Å²) in [6.07, 6.45) is 5.36. The van der Waals surface area contributed by atoms with Crippen LogP contribution in [0.3, 0.4) is 0 Å². The van der Waals surface area contributed by atoms with Crippen molar-refractivity contribution >= 4 is 0 Å². The quantitative estimate of drug-likeness (QED) is 0.683. The largest absolute Gasteiger partial charge is 0.327 e. The Kier molecular flexibility index (Phi) is 5.78. The molecule has 2 atom stereocenters. The van der Waals surface area contributed by atoms with Crippen LogP contribution < -0.4 is 5.73 Å². The van der Waals surface area contributed by atoms with E-state index in [0.29, 0.717) is 12.0 Å². The number of nitrogens with two attached hydrogens (primary N) is 1. The molecule has 28 heavy (non-hydrogen) atoms. The van der Waals surface area contributed by atoms with Gasteiger partial charge in [0.15, 0.2) is 5.82 Å². The van der Waals surface area contributed by atoms with Gasteiger partial charge in [-0.2, -0.15) is 0 Å². The van der Waals surface area contributed by atoms with Crippen molar-refractivity contribution in [2.45, 2.75) is 37.8 Å². The van der Waals surface area contributed by atoms with E-state index in [9.17, 15) is 4.39 Å². The van der Waals surface area contributed by atoms with Gasteiger partial charge in [-0.25, -0.2) is 14.1 Å². The molecule has 1 aliphatic heterocycles. The van der Waals surface area contributed by atoms with Crippen molar-refractivity contribution in [3.63, 3.8) is 0 Å². The Balaban J connectivity index is 1.36. The number of hydrogen-bond acceptors (Lipinski definition) is 4. The molecule has 2 heterocycles. The molecule has 0 radical (unpaired) electrons. The average Bonchev–Trinajstić information content (AvgIpc) is 3.38. The van der Waals surface area contributed by atoms with Crippen LogP contribution in [0.4, 0.5) is 4.39 Å². The van der Waals surface area contributed by atoms with E-state index in [1.807, 2.05) is 47.1 Å². The number of nitrogens with zero attached hydrogens (tertiary/aromatic N) is 4. The van der Waals surface area contributed by atoms with Crippen LogP contribution >= 0.6 is 0 Å². The van der Waals surface area contributed by atoms with Crippen molar-refractivity contribution in [3.8, 4) is 5.69 Å². The van der Waals surface area contributed by atoms with Gasteiger partial charge in [-0.15, -0.1) is 5.10 Å². The fourth-order valence-corrected chi connectivity index (χ4v) is 3.90. The summed E-state index contributed by atoms with van der Waals surface area (Å²) in [6.45, 7) is 1.90. The molecule has 1 aliphatic rings. The Morgan fingerprint density at radius 2 is 1.89 bits per heavy atom. The van der Waals surface area contributed by atoms with E-state index in [0.717, 1.165) is 43.9 Å². The molecule has 0 spiro atoms. The van der Waals surface area contributed by atoms with Crippen LogP contribution in [0.15, 0.2) is 60.9 Å². The minimum absolute atomic E-state index is 0.0621. The van der Waals surface area contributed by atoms with Gasteiger partial charge in [0.1, 0.15) is 12.1 Å². The monoisotopic (exact) mass is 379 g/mol. The molecule has 5 nitrogen and oxygen atoms in total. The number of rotatable bonds is 7. The first-order valence-electron chi connectivity index (χ1n) is 9.91. The van der Waals surface area contributed by atoms with Gasteiger partial charge in [0.05, 0.1) is 11.7 Å². The maximum atomic E-state index is 13.8.